The first-order chi connectivity index (χ1) is 11.6. The van der Waals surface area contributed by atoms with Crippen molar-refractivity contribution in [1.29, 1.82) is 0 Å². The SMILES string of the molecule is C[C@@H](NC(=O)NCc1cccnc1)c1ccc2c(c1)NC(=O)CO2. The Bertz CT molecular complexity index is 749. The fourth-order valence-corrected chi connectivity index (χ4v) is 2.39. The predicted molar refractivity (Wildman–Crippen MR) is 88.6 cm³/mol. The summed E-state index contributed by atoms with van der Waals surface area (Å²) in [6.07, 6.45) is 3.39. The molecule has 1 aliphatic rings. The van der Waals surface area contributed by atoms with Gasteiger partial charge in [-0.2, -0.15) is 0 Å². The van der Waals surface area contributed by atoms with Gasteiger partial charge in [0.15, 0.2) is 6.61 Å². The van der Waals surface area contributed by atoms with Crippen LogP contribution in [0.3, 0.4) is 0 Å². The number of rotatable bonds is 4. The molecule has 2 heterocycles. The van der Waals surface area contributed by atoms with Crippen LogP contribution in [-0.2, 0) is 11.3 Å². The summed E-state index contributed by atoms with van der Waals surface area (Å²) in [6, 6.07) is 8.67. The molecule has 3 amide bonds. The Balaban J connectivity index is 1.58. The van der Waals surface area contributed by atoms with Crippen LogP contribution in [0, 0.1) is 0 Å². The lowest BCUT2D eigenvalue weighted by atomic mass is 10.1. The van der Waals surface area contributed by atoms with Gasteiger partial charge in [-0.1, -0.05) is 12.1 Å². The Morgan fingerprint density at radius 1 is 1.42 bits per heavy atom. The third-order valence-corrected chi connectivity index (χ3v) is 3.66. The predicted octanol–water partition coefficient (Wildman–Crippen LogP) is 1.97. The van der Waals surface area contributed by atoms with Crippen molar-refractivity contribution in [2.75, 3.05) is 11.9 Å². The van der Waals surface area contributed by atoms with Crippen LogP contribution < -0.4 is 20.7 Å². The number of hydrogen-bond acceptors (Lipinski definition) is 4. The van der Waals surface area contributed by atoms with E-state index in [9.17, 15) is 9.59 Å². The summed E-state index contributed by atoms with van der Waals surface area (Å²) in [5.74, 6) is 0.445. The summed E-state index contributed by atoms with van der Waals surface area (Å²) < 4.78 is 5.32. The summed E-state index contributed by atoms with van der Waals surface area (Å²) in [7, 11) is 0. The number of hydrogen-bond donors (Lipinski definition) is 3. The number of nitrogens with one attached hydrogen (secondary N) is 3. The van der Waals surface area contributed by atoms with Gasteiger partial charge in [-0.25, -0.2) is 4.79 Å². The minimum absolute atomic E-state index is 0.0247. The van der Waals surface area contributed by atoms with Crippen molar-refractivity contribution in [2.45, 2.75) is 19.5 Å². The summed E-state index contributed by atoms with van der Waals surface area (Å²) >= 11 is 0. The molecule has 0 radical (unpaired) electrons. The van der Waals surface area contributed by atoms with Gasteiger partial charge in [0.25, 0.3) is 5.91 Å². The Hall–Kier alpha value is -3.09. The minimum Gasteiger partial charge on any atom is -0.482 e. The molecule has 7 heteroatoms. The lowest BCUT2D eigenvalue weighted by Crippen LogP contribution is -2.36. The first kappa shape index (κ1) is 15.8. The van der Waals surface area contributed by atoms with Gasteiger partial charge in [-0.15, -0.1) is 0 Å². The van der Waals surface area contributed by atoms with Crippen LogP contribution >= 0.6 is 0 Å². The van der Waals surface area contributed by atoms with E-state index < -0.39 is 0 Å². The number of nitrogens with zero attached hydrogens (tertiary/aromatic N) is 1. The highest BCUT2D eigenvalue weighted by Crippen LogP contribution is 2.30. The zero-order chi connectivity index (χ0) is 16.9. The molecule has 1 aliphatic heterocycles. The first-order valence-electron chi connectivity index (χ1n) is 7.61. The third-order valence-electron chi connectivity index (χ3n) is 3.66. The number of amides is 3. The second kappa shape index (κ2) is 6.99. The highest BCUT2D eigenvalue weighted by Gasteiger charge is 2.18. The zero-order valence-corrected chi connectivity index (χ0v) is 13.2. The second-order valence-corrected chi connectivity index (χ2v) is 5.50. The standard InChI is InChI=1S/C17H18N4O3/c1-11(20-17(23)19-9-12-3-2-6-18-8-12)13-4-5-15-14(7-13)21-16(22)10-24-15/h2-8,11H,9-10H2,1H3,(H,21,22)(H2,19,20,23)/t11-/m1/s1. The molecule has 3 N–H and O–H groups in total. The van der Waals surface area contributed by atoms with Gasteiger partial charge in [0.2, 0.25) is 0 Å². The van der Waals surface area contributed by atoms with Gasteiger partial charge in [0.1, 0.15) is 5.75 Å². The molecule has 1 aromatic heterocycles. The third kappa shape index (κ3) is 3.81. The average Bonchev–Trinajstić information content (AvgIpc) is 2.60. The van der Waals surface area contributed by atoms with Crippen molar-refractivity contribution >= 4 is 17.6 Å². The lowest BCUT2D eigenvalue weighted by molar-refractivity contribution is -0.118. The number of benzene rings is 1. The molecule has 124 valence electrons. The molecular weight excluding hydrogens is 308 g/mol. The van der Waals surface area contributed by atoms with Crippen molar-refractivity contribution in [3.05, 3.63) is 53.9 Å². The van der Waals surface area contributed by atoms with Crippen molar-refractivity contribution in [3.8, 4) is 5.75 Å². The van der Waals surface area contributed by atoms with Gasteiger partial charge in [0, 0.05) is 18.9 Å². The fraction of sp³-hybridized carbons (Fsp3) is 0.235. The van der Waals surface area contributed by atoms with E-state index >= 15 is 0 Å². The Labute approximate surface area is 139 Å². The molecule has 1 atom stereocenters. The molecule has 3 rings (SSSR count). The molecule has 7 nitrogen and oxygen atoms in total. The molecule has 0 bridgehead atoms. The van der Waals surface area contributed by atoms with Gasteiger partial charge < -0.3 is 20.7 Å². The number of anilines is 1. The molecule has 0 aliphatic carbocycles. The molecule has 0 saturated carbocycles. The van der Waals surface area contributed by atoms with Crippen LogP contribution in [0.5, 0.6) is 5.75 Å². The van der Waals surface area contributed by atoms with Crippen molar-refractivity contribution in [1.82, 2.24) is 15.6 Å². The molecule has 0 saturated heterocycles. The zero-order valence-electron chi connectivity index (χ0n) is 13.2. The average molecular weight is 326 g/mol. The maximum Gasteiger partial charge on any atom is 0.315 e. The fourth-order valence-electron chi connectivity index (χ4n) is 2.39. The summed E-state index contributed by atoms with van der Waals surface area (Å²) in [5.41, 5.74) is 2.41. The van der Waals surface area contributed by atoms with E-state index in [-0.39, 0.29) is 24.6 Å². The van der Waals surface area contributed by atoms with Crippen molar-refractivity contribution in [2.24, 2.45) is 0 Å². The smallest absolute Gasteiger partial charge is 0.315 e. The van der Waals surface area contributed by atoms with Crippen molar-refractivity contribution in [3.63, 3.8) is 0 Å². The Morgan fingerprint density at radius 2 is 2.29 bits per heavy atom. The number of urea groups is 1. The van der Waals surface area contributed by atoms with Crippen LogP contribution in [0.1, 0.15) is 24.1 Å². The van der Waals surface area contributed by atoms with E-state index in [2.05, 4.69) is 20.9 Å². The van der Waals surface area contributed by atoms with Crippen LogP contribution in [0.25, 0.3) is 0 Å². The van der Waals surface area contributed by atoms with Crippen LogP contribution in [0.15, 0.2) is 42.7 Å². The summed E-state index contributed by atoms with van der Waals surface area (Å²) in [6.45, 7) is 2.30. The summed E-state index contributed by atoms with van der Waals surface area (Å²) in [4.78, 5) is 27.4. The maximum absolute atomic E-state index is 12.0. The van der Waals surface area contributed by atoms with Gasteiger partial charge >= 0.3 is 6.03 Å². The van der Waals surface area contributed by atoms with Crippen LogP contribution in [0.4, 0.5) is 10.5 Å². The van der Waals surface area contributed by atoms with E-state index in [0.717, 1.165) is 11.1 Å². The lowest BCUT2D eigenvalue weighted by Gasteiger charge is -2.21. The van der Waals surface area contributed by atoms with Gasteiger partial charge in [-0.05, 0) is 36.2 Å². The maximum atomic E-state index is 12.0. The number of carbonyl (C=O) groups excluding carboxylic acids is 2. The molecule has 24 heavy (non-hydrogen) atoms. The normalized spacial score (nSPS) is 14.0. The van der Waals surface area contributed by atoms with E-state index in [1.54, 1.807) is 24.5 Å². The monoisotopic (exact) mass is 326 g/mol. The quantitative estimate of drug-likeness (QED) is 0.801. The van der Waals surface area contributed by atoms with Gasteiger partial charge in [0.05, 0.1) is 11.7 Å². The highest BCUT2D eigenvalue weighted by molar-refractivity contribution is 5.95. The molecule has 0 unspecified atom stereocenters. The Morgan fingerprint density at radius 3 is 3.08 bits per heavy atom. The van der Waals surface area contributed by atoms with E-state index in [0.29, 0.717) is 18.0 Å². The molecule has 0 spiro atoms. The molecule has 0 fully saturated rings. The van der Waals surface area contributed by atoms with E-state index in [1.165, 1.54) is 0 Å². The topological polar surface area (TPSA) is 92.4 Å². The van der Waals surface area contributed by atoms with Crippen LogP contribution in [0.2, 0.25) is 0 Å². The summed E-state index contributed by atoms with van der Waals surface area (Å²) in [5, 5.41) is 8.40. The van der Waals surface area contributed by atoms with E-state index in [4.69, 9.17) is 4.74 Å². The molecule has 1 aromatic carbocycles. The minimum atomic E-state index is -0.274. The molecule has 2 aromatic rings. The highest BCUT2D eigenvalue weighted by atomic mass is 16.5. The second-order valence-electron chi connectivity index (χ2n) is 5.50. The van der Waals surface area contributed by atoms with Gasteiger partial charge in [-0.3, -0.25) is 9.78 Å². The first-order valence-corrected chi connectivity index (χ1v) is 7.61. The largest absolute Gasteiger partial charge is 0.482 e. The number of fused-ring (bicyclic) bond motifs is 1. The number of aromatic nitrogens is 1. The van der Waals surface area contributed by atoms with Crippen LogP contribution in [-0.4, -0.2) is 23.5 Å². The number of ether oxygens (including phenoxy) is 1. The number of carbonyl (C=O) groups is 2. The Kier molecular flexibility index (Phi) is 4.60. The van der Waals surface area contributed by atoms with E-state index in [1.807, 2.05) is 25.1 Å². The van der Waals surface area contributed by atoms with Crippen molar-refractivity contribution < 1.29 is 14.3 Å². The molecular formula is C17H18N4O3. The number of pyridine rings is 1.